The molecule has 0 bridgehead atoms. The topological polar surface area (TPSA) is 30.5 Å². The predicted octanol–water partition coefficient (Wildman–Crippen LogP) is 3.20. The SMILES string of the molecule is CNCC(CCCOCCOC)c1cccc(Br)c1. The van der Waals surface area contributed by atoms with E-state index < -0.39 is 0 Å². The molecular weight excluding hydrogens is 306 g/mol. The number of hydrogen-bond donors (Lipinski definition) is 1. The summed E-state index contributed by atoms with van der Waals surface area (Å²) in [5, 5.41) is 3.27. The van der Waals surface area contributed by atoms with Gasteiger partial charge >= 0.3 is 0 Å². The summed E-state index contributed by atoms with van der Waals surface area (Å²) in [6.07, 6.45) is 2.20. The molecule has 1 unspecified atom stereocenters. The fourth-order valence-corrected chi connectivity index (χ4v) is 2.49. The molecule has 3 nitrogen and oxygen atoms in total. The highest BCUT2D eigenvalue weighted by Gasteiger charge is 2.10. The van der Waals surface area contributed by atoms with Crippen molar-refractivity contribution in [3.63, 3.8) is 0 Å². The molecule has 1 aromatic rings. The Hall–Kier alpha value is -0.420. The maximum Gasteiger partial charge on any atom is 0.0700 e. The molecule has 0 amide bonds. The van der Waals surface area contributed by atoms with Gasteiger partial charge in [-0.1, -0.05) is 28.1 Å². The molecule has 1 aromatic carbocycles. The summed E-state index contributed by atoms with van der Waals surface area (Å²) in [6, 6.07) is 8.55. The van der Waals surface area contributed by atoms with E-state index in [1.807, 2.05) is 7.05 Å². The molecule has 1 N–H and O–H groups in total. The van der Waals surface area contributed by atoms with E-state index in [1.54, 1.807) is 7.11 Å². The smallest absolute Gasteiger partial charge is 0.0700 e. The van der Waals surface area contributed by atoms with Gasteiger partial charge in [-0.15, -0.1) is 0 Å². The molecule has 0 saturated heterocycles. The fourth-order valence-electron chi connectivity index (χ4n) is 2.07. The van der Waals surface area contributed by atoms with Gasteiger partial charge in [0.15, 0.2) is 0 Å². The van der Waals surface area contributed by atoms with Crippen molar-refractivity contribution in [2.45, 2.75) is 18.8 Å². The average Bonchev–Trinajstić information content (AvgIpc) is 2.41. The van der Waals surface area contributed by atoms with Gasteiger partial charge in [0, 0.05) is 24.7 Å². The van der Waals surface area contributed by atoms with Crippen molar-refractivity contribution in [1.29, 1.82) is 0 Å². The summed E-state index contributed by atoms with van der Waals surface area (Å²) in [5.74, 6) is 0.536. The minimum atomic E-state index is 0.536. The highest BCUT2D eigenvalue weighted by atomic mass is 79.9. The first kappa shape index (κ1) is 16.6. The van der Waals surface area contributed by atoms with Crippen LogP contribution in [0.2, 0.25) is 0 Å². The van der Waals surface area contributed by atoms with E-state index >= 15 is 0 Å². The lowest BCUT2D eigenvalue weighted by Crippen LogP contribution is -2.18. The molecule has 0 spiro atoms. The molecule has 0 radical (unpaired) electrons. The van der Waals surface area contributed by atoms with Crippen LogP contribution < -0.4 is 5.32 Å². The van der Waals surface area contributed by atoms with Gasteiger partial charge in [-0.2, -0.15) is 0 Å². The van der Waals surface area contributed by atoms with Crippen LogP contribution >= 0.6 is 15.9 Å². The van der Waals surface area contributed by atoms with Crippen LogP contribution in [0.15, 0.2) is 28.7 Å². The summed E-state index contributed by atoms with van der Waals surface area (Å²) in [6.45, 7) is 3.15. The number of likely N-dealkylation sites (N-methyl/N-ethyl adjacent to an activating group) is 1. The molecule has 0 fully saturated rings. The van der Waals surface area contributed by atoms with Gasteiger partial charge in [0.25, 0.3) is 0 Å². The van der Waals surface area contributed by atoms with Gasteiger partial charge < -0.3 is 14.8 Å². The third-order valence-corrected chi connectivity index (χ3v) is 3.54. The lowest BCUT2D eigenvalue weighted by atomic mass is 9.94. The maximum absolute atomic E-state index is 5.51. The van der Waals surface area contributed by atoms with Crippen molar-refractivity contribution in [3.05, 3.63) is 34.3 Å². The predicted molar refractivity (Wildman–Crippen MR) is 82.7 cm³/mol. The van der Waals surface area contributed by atoms with Gasteiger partial charge in [-0.3, -0.25) is 0 Å². The zero-order chi connectivity index (χ0) is 13.9. The first-order valence-electron chi connectivity index (χ1n) is 6.74. The second-order valence-corrected chi connectivity index (χ2v) is 5.47. The number of halogens is 1. The molecule has 0 aromatic heterocycles. The van der Waals surface area contributed by atoms with E-state index in [4.69, 9.17) is 9.47 Å². The molecule has 19 heavy (non-hydrogen) atoms. The standard InChI is InChI=1S/C15H24BrNO2/c1-17-12-14(6-4-8-19-10-9-18-2)13-5-3-7-15(16)11-13/h3,5,7,11,14,17H,4,6,8-10,12H2,1-2H3. The zero-order valence-electron chi connectivity index (χ0n) is 11.8. The van der Waals surface area contributed by atoms with E-state index in [0.717, 1.165) is 30.5 Å². The first-order chi connectivity index (χ1) is 9.27. The van der Waals surface area contributed by atoms with E-state index in [1.165, 1.54) is 5.56 Å². The Kier molecular flexibility index (Phi) is 9.08. The lowest BCUT2D eigenvalue weighted by Gasteiger charge is -2.17. The van der Waals surface area contributed by atoms with Crippen LogP contribution in [0, 0.1) is 0 Å². The van der Waals surface area contributed by atoms with Crippen LogP contribution in [0.5, 0.6) is 0 Å². The number of methoxy groups -OCH3 is 1. The number of hydrogen-bond acceptors (Lipinski definition) is 3. The van der Waals surface area contributed by atoms with Crippen molar-refractivity contribution in [1.82, 2.24) is 5.32 Å². The quantitative estimate of drug-likeness (QED) is 0.669. The Morgan fingerprint density at radius 3 is 2.79 bits per heavy atom. The monoisotopic (exact) mass is 329 g/mol. The average molecular weight is 330 g/mol. The molecule has 0 aliphatic rings. The minimum absolute atomic E-state index is 0.536. The van der Waals surface area contributed by atoms with Crippen LogP contribution in [0.25, 0.3) is 0 Å². The Bertz CT molecular complexity index is 347. The zero-order valence-corrected chi connectivity index (χ0v) is 13.4. The van der Waals surface area contributed by atoms with Crippen molar-refractivity contribution >= 4 is 15.9 Å². The molecule has 0 aliphatic carbocycles. The number of ether oxygens (including phenoxy) is 2. The second kappa shape index (κ2) is 10.4. The largest absolute Gasteiger partial charge is 0.382 e. The van der Waals surface area contributed by atoms with Gasteiger partial charge in [0.05, 0.1) is 13.2 Å². The van der Waals surface area contributed by atoms with Crippen LogP contribution in [0.3, 0.4) is 0 Å². The van der Waals surface area contributed by atoms with Crippen molar-refractivity contribution in [2.75, 3.05) is 40.5 Å². The van der Waals surface area contributed by atoms with Crippen molar-refractivity contribution in [2.24, 2.45) is 0 Å². The Balaban J connectivity index is 2.36. The molecule has 4 heteroatoms. The van der Waals surface area contributed by atoms with E-state index in [2.05, 4.69) is 45.5 Å². The Morgan fingerprint density at radius 2 is 2.11 bits per heavy atom. The van der Waals surface area contributed by atoms with Gasteiger partial charge in [0.1, 0.15) is 0 Å². The van der Waals surface area contributed by atoms with E-state index in [9.17, 15) is 0 Å². The third-order valence-electron chi connectivity index (χ3n) is 3.04. The summed E-state index contributed by atoms with van der Waals surface area (Å²) >= 11 is 3.53. The van der Waals surface area contributed by atoms with Crippen molar-refractivity contribution < 1.29 is 9.47 Å². The molecule has 0 aliphatic heterocycles. The third kappa shape index (κ3) is 7.06. The molecule has 0 saturated carbocycles. The number of nitrogens with one attached hydrogen (secondary N) is 1. The van der Waals surface area contributed by atoms with Crippen LogP contribution in [0.1, 0.15) is 24.3 Å². The molecule has 1 rings (SSSR count). The maximum atomic E-state index is 5.51. The highest BCUT2D eigenvalue weighted by Crippen LogP contribution is 2.23. The highest BCUT2D eigenvalue weighted by molar-refractivity contribution is 9.10. The van der Waals surface area contributed by atoms with Crippen LogP contribution in [-0.2, 0) is 9.47 Å². The van der Waals surface area contributed by atoms with Crippen molar-refractivity contribution in [3.8, 4) is 0 Å². The fraction of sp³-hybridized carbons (Fsp3) is 0.600. The number of rotatable bonds is 10. The van der Waals surface area contributed by atoms with Crippen LogP contribution in [-0.4, -0.2) is 40.5 Å². The molecule has 0 heterocycles. The summed E-state index contributed by atoms with van der Waals surface area (Å²) in [5.41, 5.74) is 1.38. The molecule has 1 atom stereocenters. The Labute approximate surface area is 124 Å². The van der Waals surface area contributed by atoms with Crippen LogP contribution in [0.4, 0.5) is 0 Å². The summed E-state index contributed by atoms with van der Waals surface area (Å²) in [4.78, 5) is 0. The summed E-state index contributed by atoms with van der Waals surface area (Å²) in [7, 11) is 3.69. The Morgan fingerprint density at radius 1 is 1.26 bits per heavy atom. The molecule has 108 valence electrons. The lowest BCUT2D eigenvalue weighted by molar-refractivity contribution is 0.0681. The van der Waals surface area contributed by atoms with Gasteiger partial charge in [-0.25, -0.2) is 0 Å². The van der Waals surface area contributed by atoms with Gasteiger partial charge in [0.2, 0.25) is 0 Å². The summed E-state index contributed by atoms with van der Waals surface area (Å²) < 4.78 is 11.6. The number of benzene rings is 1. The normalized spacial score (nSPS) is 12.6. The second-order valence-electron chi connectivity index (χ2n) is 4.56. The van der Waals surface area contributed by atoms with E-state index in [0.29, 0.717) is 19.1 Å². The first-order valence-corrected chi connectivity index (χ1v) is 7.54. The van der Waals surface area contributed by atoms with Gasteiger partial charge in [-0.05, 0) is 43.5 Å². The molecular formula is C15H24BrNO2. The van der Waals surface area contributed by atoms with E-state index in [-0.39, 0.29) is 0 Å². The minimum Gasteiger partial charge on any atom is -0.382 e.